The number of hydrogen-bond donors (Lipinski definition) is 2. The second kappa shape index (κ2) is 6.88. The minimum atomic E-state index is -0.903. The second-order valence-electron chi connectivity index (χ2n) is 6.68. The number of halogens is 1. The number of nitrogens with one attached hydrogen (secondary N) is 1. The highest BCUT2D eigenvalue weighted by Crippen LogP contribution is 2.34. The lowest BCUT2D eigenvalue weighted by atomic mass is 9.89. The zero-order chi connectivity index (χ0) is 18.1. The van der Waals surface area contributed by atoms with Gasteiger partial charge in [-0.2, -0.15) is 5.10 Å². The first kappa shape index (κ1) is 17.5. The van der Waals surface area contributed by atoms with Crippen LogP contribution >= 0.6 is 11.6 Å². The average molecular weight is 362 g/mol. The molecule has 1 aromatic carbocycles. The van der Waals surface area contributed by atoms with Crippen molar-refractivity contribution in [1.29, 1.82) is 0 Å². The number of H-pyrrole nitrogens is 1. The minimum Gasteiger partial charge on any atom is -0.481 e. The Kier molecular flexibility index (Phi) is 4.81. The summed E-state index contributed by atoms with van der Waals surface area (Å²) in [6.07, 6.45) is 0. The number of aromatic amines is 1. The largest absolute Gasteiger partial charge is 0.481 e. The van der Waals surface area contributed by atoms with Crippen molar-refractivity contribution >= 4 is 23.5 Å². The van der Waals surface area contributed by atoms with E-state index in [4.69, 9.17) is 11.6 Å². The number of hydrogen-bond acceptors (Lipinski definition) is 3. The Labute approximate surface area is 150 Å². The molecule has 2 atom stereocenters. The molecule has 0 unspecified atom stereocenters. The van der Waals surface area contributed by atoms with Gasteiger partial charge in [-0.1, -0.05) is 37.6 Å². The summed E-state index contributed by atoms with van der Waals surface area (Å²) >= 11 is 5.91. The van der Waals surface area contributed by atoms with Crippen molar-refractivity contribution in [2.24, 2.45) is 5.92 Å². The molecule has 0 spiro atoms. The van der Waals surface area contributed by atoms with Crippen LogP contribution in [0.5, 0.6) is 0 Å². The number of nitrogens with zero attached hydrogens (tertiary/aromatic N) is 2. The zero-order valence-electron chi connectivity index (χ0n) is 14.1. The summed E-state index contributed by atoms with van der Waals surface area (Å²) < 4.78 is 0. The highest BCUT2D eigenvalue weighted by atomic mass is 35.5. The van der Waals surface area contributed by atoms with Crippen LogP contribution in [-0.4, -0.2) is 45.2 Å². The molecule has 25 heavy (non-hydrogen) atoms. The third-order valence-electron chi connectivity index (χ3n) is 4.66. The third kappa shape index (κ3) is 3.54. The molecule has 0 aliphatic carbocycles. The van der Waals surface area contributed by atoms with Gasteiger partial charge < -0.3 is 10.0 Å². The van der Waals surface area contributed by atoms with Gasteiger partial charge in [0.05, 0.1) is 5.92 Å². The maximum Gasteiger partial charge on any atom is 0.308 e. The van der Waals surface area contributed by atoms with Gasteiger partial charge in [0.15, 0.2) is 0 Å². The molecule has 7 heteroatoms. The van der Waals surface area contributed by atoms with Crippen molar-refractivity contribution in [2.75, 3.05) is 13.1 Å². The monoisotopic (exact) mass is 361 g/mol. The van der Waals surface area contributed by atoms with Gasteiger partial charge in [0.2, 0.25) is 0 Å². The third-order valence-corrected chi connectivity index (χ3v) is 4.91. The van der Waals surface area contributed by atoms with Crippen molar-refractivity contribution in [3.05, 3.63) is 52.3 Å². The van der Waals surface area contributed by atoms with Gasteiger partial charge in [0, 0.05) is 29.7 Å². The van der Waals surface area contributed by atoms with Crippen molar-refractivity contribution in [3.63, 3.8) is 0 Å². The lowest BCUT2D eigenvalue weighted by Gasteiger charge is -2.15. The van der Waals surface area contributed by atoms with E-state index in [1.54, 1.807) is 23.1 Å². The molecule has 2 aromatic rings. The van der Waals surface area contributed by atoms with E-state index < -0.39 is 11.9 Å². The van der Waals surface area contributed by atoms with Crippen LogP contribution in [0.15, 0.2) is 30.3 Å². The molecule has 1 aromatic heterocycles. The summed E-state index contributed by atoms with van der Waals surface area (Å²) in [5, 5.41) is 17.1. The predicted molar refractivity (Wildman–Crippen MR) is 93.9 cm³/mol. The quantitative estimate of drug-likeness (QED) is 0.875. The van der Waals surface area contributed by atoms with Crippen LogP contribution in [0.1, 0.15) is 47.4 Å². The van der Waals surface area contributed by atoms with Crippen LogP contribution < -0.4 is 0 Å². The van der Waals surface area contributed by atoms with Gasteiger partial charge in [-0.05, 0) is 29.7 Å². The minimum absolute atomic E-state index is 0.172. The highest BCUT2D eigenvalue weighted by Gasteiger charge is 2.41. The number of carbonyl (C=O) groups excluding carboxylic acids is 1. The smallest absolute Gasteiger partial charge is 0.308 e. The van der Waals surface area contributed by atoms with Crippen molar-refractivity contribution in [2.45, 2.75) is 25.7 Å². The molecule has 0 radical (unpaired) electrons. The van der Waals surface area contributed by atoms with Gasteiger partial charge in [-0.25, -0.2) is 0 Å². The maximum atomic E-state index is 12.7. The summed E-state index contributed by atoms with van der Waals surface area (Å²) in [4.78, 5) is 25.9. The fraction of sp³-hybridized carbons (Fsp3) is 0.389. The van der Waals surface area contributed by atoms with Gasteiger partial charge in [0.1, 0.15) is 5.69 Å². The van der Waals surface area contributed by atoms with Crippen LogP contribution in [-0.2, 0) is 4.79 Å². The Morgan fingerprint density at radius 1 is 1.28 bits per heavy atom. The summed E-state index contributed by atoms with van der Waals surface area (Å²) in [5.41, 5.74) is 2.08. The molecule has 2 N–H and O–H groups in total. The molecular weight excluding hydrogens is 342 g/mol. The fourth-order valence-corrected chi connectivity index (χ4v) is 3.30. The number of amides is 1. The lowest BCUT2D eigenvalue weighted by molar-refractivity contribution is -0.141. The Morgan fingerprint density at radius 3 is 2.52 bits per heavy atom. The van der Waals surface area contributed by atoms with Gasteiger partial charge >= 0.3 is 5.97 Å². The van der Waals surface area contributed by atoms with Crippen LogP contribution in [0.4, 0.5) is 0 Å². The zero-order valence-corrected chi connectivity index (χ0v) is 14.8. The summed E-state index contributed by atoms with van der Waals surface area (Å²) in [5.74, 6) is -1.82. The van der Waals surface area contributed by atoms with E-state index in [1.165, 1.54) is 0 Å². The Hall–Kier alpha value is -2.34. The number of aromatic nitrogens is 2. The molecule has 6 nitrogen and oxygen atoms in total. The maximum absolute atomic E-state index is 12.7. The number of carboxylic acid groups (broad SMARTS) is 1. The average Bonchev–Trinajstić information content (AvgIpc) is 3.22. The summed E-state index contributed by atoms with van der Waals surface area (Å²) in [7, 11) is 0. The first-order chi connectivity index (χ1) is 11.9. The van der Waals surface area contributed by atoms with Crippen LogP contribution in [0.25, 0.3) is 0 Å². The van der Waals surface area contributed by atoms with Crippen LogP contribution in [0.2, 0.25) is 5.02 Å². The molecule has 1 amide bonds. The number of aliphatic carboxylic acids is 1. The summed E-state index contributed by atoms with van der Waals surface area (Å²) in [6.45, 7) is 4.54. The lowest BCUT2D eigenvalue weighted by Crippen LogP contribution is -2.30. The van der Waals surface area contributed by atoms with E-state index in [9.17, 15) is 14.7 Å². The van der Waals surface area contributed by atoms with Crippen molar-refractivity contribution < 1.29 is 14.7 Å². The molecule has 1 saturated heterocycles. The normalized spacial score (nSPS) is 20.2. The number of rotatable bonds is 4. The Bertz CT molecular complexity index is 785. The van der Waals surface area contributed by atoms with Gasteiger partial charge in [-0.15, -0.1) is 0 Å². The molecule has 2 heterocycles. The first-order valence-electron chi connectivity index (χ1n) is 8.19. The standard InChI is InChI=1S/C18H20ClN3O3/c1-10(2)15-7-16(21-20-15)17(23)22-8-13(14(9-22)18(24)25)11-3-5-12(19)6-4-11/h3-7,10,13-14H,8-9H2,1-2H3,(H,20,21)(H,24,25)/t13-,14+/m0/s1. The molecule has 3 rings (SSSR count). The second-order valence-corrected chi connectivity index (χ2v) is 7.11. The van der Waals surface area contributed by atoms with Gasteiger partial charge in [0.25, 0.3) is 5.91 Å². The first-order valence-corrected chi connectivity index (χ1v) is 8.57. The van der Waals surface area contributed by atoms with Crippen molar-refractivity contribution in [3.8, 4) is 0 Å². The molecule has 0 bridgehead atoms. The van der Waals surface area contributed by atoms with Crippen molar-refractivity contribution in [1.82, 2.24) is 15.1 Å². The SMILES string of the molecule is CC(C)c1cc(C(=O)N2C[C@@H](C(=O)O)[C@H](c3ccc(Cl)cc3)C2)n[nH]1. The Balaban J connectivity index is 1.82. The van der Waals surface area contributed by atoms with E-state index in [0.717, 1.165) is 11.3 Å². The van der Waals surface area contributed by atoms with E-state index in [1.807, 2.05) is 26.0 Å². The van der Waals surface area contributed by atoms with E-state index >= 15 is 0 Å². The molecule has 132 valence electrons. The topological polar surface area (TPSA) is 86.3 Å². The molecular formula is C18H20ClN3O3. The van der Waals surface area contributed by atoms with E-state index in [0.29, 0.717) is 17.3 Å². The number of carboxylic acids is 1. The molecule has 1 aliphatic rings. The molecule has 0 saturated carbocycles. The number of benzene rings is 1. The molecule has 1 aliphatic heterocycles. The Morgan fingerprint density at radius 2 is 1.96 bits per heavy atom. The van der Waals surface area contributed by atoms with E-state index in [-0.39, 0.29) is 24.3 Å². The highest BCUT2D eigenvalue weighted by molar-refractivity contribution is 6.30. The molecule has 1 fully saturated rings. The van der Waals surface area contributed by atoms with Crippen LogP contribution in [0.3, 0.4) is 0 Å². The summed E-state index contributed by atoms with van der Waals surface area (Å²) in [6, 6.07) is 8.86. The van der Waals surface area contributed by atoms with E-state index in [2.05, 4.69) is 10.2 Å². The van der Waals surface area contributed by atoms with Crippen LogP contribution in [0, 0.1) is 5.92 Å². The van der Waals surface area contributed by atoms with Gasteiger partial charge in [-0.3, -0.25) is 14.7 Å². The predicted octanol–water partition coefficient (Wildman–Crippen LogP) is 3.13. The number of carbonyl (C=O) groups is 2. The fourth-order valence-electron chi connectivity index (χ4n) is 3.17. The number of likely N-dealkylation sites (tertiary alicyclic amines) is 1.